The van der Waals surface area contributed by atoms with Crippen LogP contribution in [0.25, 0.3) is 0 Å². The minimum atomic E-state index is -0.484. The van der Waals surface area contributed by atoms with Crippen molar-refractivity contribution in [1.29, 1.82) is 0 Å². The van der Waals surface area contributed by atoms with Crippen LogP contribution in [0, 0.1) is 0 Å². The van der Waals surface area contributed by atoms with E-state index in [0.717, 1.165) is 23.4 Å². The summed E-state index contributed by atoms with van der Waals surface area (Å²) >= 11 is 0. The van der Waals surface area contributed by atoms with Crippen molar-refractivity contribution in [2.45, 2.75) is 45.9 Å². The van der Waals surface area contributed by atoms with Crippen molar-refractivity contribution >= 4 is 11.8 Å². The maximum absolute atomic E-state index is 12.4. The molecule has 2 aromatic rings. The van der Waals surface area contributed by atoms with Gasteiger partial charge in [0, 0.05) is 18.4 Å². The molecule has 1 aromatic carbocycles. The highest BCUT2D eigenvalue weighted by Crippen LogP contribution is 2.27. The van der Waals surface area contributed by atoms with E-state index < -0.39 is 5.60 Å². The van der Waals surface area contributed by atoms with Gasteiger partial charge in [-0.15, -0.1) is 0 Å². The van der Waals surface area contributed by atoms with Gasteiger partial charge in [0.15, 0.2) is 0 Å². The van der Waals surface area contributed by atoms with Gasteiger partial charge in [-0.25, -0.2) is 14.8 Å². The van der Waals surface area contributed by atoms with E-state index in [-0.39, 0.29) is 6.09 Å². The van der Waals surface area contributed by atoms with Crippen molar-refractivity contribution in [1.82, 2.24) is 14.9 Å². The summed E-state index contributed by atoms with van der Waals surface area (Å²) in [7, 11) is 0. The maximum atomic E-state index is 12.4. The molecule has 2 heterocycles. The van der Waals surface area contributed by atoms with Crippen molar-refractivity contribution < 1.29 is 9.53 Å². The maximum Gasteiger partial charge on any atom is 0.410 e. The number of ether oxygens (including phenoxy) is 1. The first kappa shape index (κ1) is 17.2. The molecule has 132 valence electrons. The number of nitrogens with one attached hydrogen (secondary N) is 1. The summed E-state index contributed by atoms with van der Waals surface area (Å²) in [5, 5.41) is 3.43. The van der Waals surface area contributed by atoms with Gasteiger partial charge < -0.3 is 15.0 Å². The monoisotopic (exact) mass is 340 g/mol. The molecule has 0 spiro atoms. The molecular weight excluding hydrogens is 316 g/mol. The molecule has 1 aromatic heterocycles. The molecule has 0 aliphatic carbocycles. The second-order valence-corrected chi connectivity index (χ2v) is 7.15. The zero-order valence-electron chi connectivity index (χ0n) is 15.0. The third-order valence-electron chi connectivity index (χ3n) is 4.03. The first-order chi connectivity index (χ1) is 11.9. The van der Waals surface area contributed by atoms with Crippen molar-refractivity contribution in [2.75, 3.05) is 11.9 Å². The highest BCUT2D eigenvalue weighted by Gasteiger charge is 2.26. The van der Waals surface area contributed by atoms with E-state index in [1.165, 1.54) is 5.56 Å². The highest BCUT2D eigenvalue weighted by atomic mass is 16.6. The number of rotatable bonds is 3. The van der Waals surface area contributed by atoms with Gasteiger partial charge in [-0.2, -0.15) is 0 Å². The first-order valence-corrected chi connectivity index (χ1v) is 8.50. The van der Waals surface area contributed by atoms with Crippen LogP contribution in [0.1, 0.15) is 37.6 Å². The zero-order valence-corrected chi connectivity index (χ0v) is 15.0. The van der Waals surface area contributed by atoms with E-state index >= 15 is 0 Å². The summed E-state index contributed by atoms with van der Waals surface area (Å²) in [5.41, 5.74) is 3.89. The van der Waals surface area contributed by atoms with Crippen LogP contribution < -0.4 is 5.32 Å². The number of benzene rings is 1. The summed E-state index contributed by atoms with van der Waals surface area (Å²) in [5.74, 6) is 0. The fourth-order valence-corrected chi connectivity index (χ4v) is 2.84. The van der Waals surface area contributed by atoms with Crippen LogP contribution in [0.3, 0.4) is 0 Å². The molecule has 1 amide bonds. The molecule has 0 fully saturated rings. The quantitative estimate of drug-likeness (QED) is 0.928. The van der Waals surface area contributed by atoms with Gasteiger partial charge in [-0.05, 0) is 50.5 Å². The van der Waals surface area contributed by atoms with E-state index in [4.69, 9.17) is 4.74 Å². The van der Waals surface area contributed by atoms with Crippen molar-refractivity contribution in [2.24, 2.45) is 0 Å². The molecule has 0 saturated heterocycles. The minimum Gasteiger partial charge on any atom is -0.444 e. The molecule has 0 unspecified atom stereocenters. The number of aromatic nitrogens is 2. The lowest BCUT2D eigenvalue weighted by Gasteiger charge is -2.32. The van der Waals surface area contributed by atoms with Crippen molar-refractivity contribution in [3.8, 4) is 0 Å². The first-order valence-electron chi connectivity index (χ1n) is 8.50. The number of carbonyl (C=O) groups excluding carboxylic acids is 1. The Morgan fingerprint density at radius 3 is 2.88 bits per heavy atom. The smallest absolute Gasteiger partial charge is 0.410 e. The fraction of sp³-hybridized carbons (Fsp3) is 0.421. The molecule has 1 aliphatic rings. The zero-order chi connectivity index (χ0) is 17.9. The van der Waals surface area contributed by atoms with Crippen LogP contribution in [0.2, 0.25) is 0 Å². The lowest BCUT2D eigenvalue weighted by atomic mass is 9.98. The Morgan fingerprint density at radius 1 is 1.32 bits per heavy atom. The molecule has 25 heavy (non-hydrogen) atoms. The van der Waals surface area contributed by atoms with E-state index in [2.05, 4.69) is 21.4 Å². The number of hydrogen-bond acceptors (Lipinski definition) is 5. The normalized spacial score (nSPS) is 14.0. The predicted octanol–water partition coefficient (Wildman–Crippen LogP) is 3.38. The summed E-state index contributed by atoms with van der Waals surface area (Å²) < 4.78 is 5.51. The Balaban J connectivity index is 1.73. The number of nitrogens with zero attached hydrogens (tertiary/aromatic N) is 3. The summed E-state index contributed by atoms with van der Waals surface area (Å²) in [6.45, 7) is 7.51. The average molecular weight is 340 g/mol. The fourth-order valence-electron chi connectivity index (χ4n) is 2.84. The van der Waals surface area contributed by atoms with Crippen LogP contribution in [-0.4, -0.2) is 33.1 Å². The van der Waals surface area contributed by atoms with Gasteiger partial charge in [-0.3, -0.25) is 0 Å². The molecular formula is C19H24N4O2. The summed E-state index contributed by atoms with van der Waals surface area (Å²) in [4.78, 5) is 22.3. The van der Waals surface area contributed by atoms with Gasteiger partial charge in [0.2, 0.25) is 0 Å². The third kappa shape index (κ3) is 4.47. The van der Waals surface area contributed by atoms with E-state index in [1.807, 2.05) is 39.0 Å². The largest absolute Gasteiger partial charge is 0.444 e. The van der Waals surface area contributed by atoms with Crippen LogP contribution in [0.15, 0.2) is 36.8 Å². The number of carbonyl (C=O) groups is 1. The highest BCUT2D eigenvalue weighted by molar-refractivity contribution is 5.69. The second-order valence-electron chi connectivity index (χ2n) is 7.15. The third-order valence-corrected chi connectivity index (χ3v) is 4.03. The van der Waals surface area contributed by atoms with Gasteiger partial charge in [-0.1, -0.05) is 12.1 Å². The number of amides is 1. The lowest BCUT2D eigenvalue weighted by Crippen LogP contribution is -2.40. The predicted molar refractivity (Wildman–Crippen MR) is 96.1 cm³/mol. The Morgan fingerprint density at radius 2 is 2.16 bits per heavy atom. The van der Waals surface area contributed by atoms with Crippen LogP contribution in [-0.2, 0) is 24.2 Å². The van der Waals surface area contributed by atoms with Crippen molar-refractivity contribution in [3.63, 3.8) is 0 Å². The van der Waals surface area contributed by atoms with Gasteiger partial charge in [0.05, 0.1) is 18.8 Å². The van der Waals surface area contributed by atoms with Crippen LogP contribution >= 0.6 is 0 Å². The number of anilines is 1. The van der Waals surface area contributed by atoms with E-state index in [1.54, 1.807) is 17.4 Å². The average Bonchev–Trinajstić information content (AvgIpc) is 2.59. The summed E-state index contributed by atoms with van der Waals surface area (Å²) in [6.07, 6.45) is 3.84. The molecule has 1 aliphatic heterocycles. The summed E-state index contributed by atoms with van der Waals surface area (Å²) in [6, 6.07) is 8.09. The number of fused-ring (bicyclic) bond motifs is 1. The molecule has 0 saturated carbocycles. The second kappa shape index (κ2) is 7.09. The van der Waals surface area contributed by atoms with E-state index in [0.29, 0.717) is 19.6 Å². The molecule has 0 atom stereocenters. The number of hydrogen-bond donors (Lipinski definition) is 1. The van der Waals surface area contributed by atoms with Crippen LogP contribution in [0.4, 0.5) is 10.5 Å². The van der Waals surface area contributed by atoms with Gasteiger partial charge >= 0.3 is 6.09 Å². The Labute approximate surface area is 148 Å². The Kier molecular flexibility index (Phi) is 4.88. The lowest BCUT2D eigenvalue weighted by molar-refractivity contribution is 0.0224. The van der Waals surface area contributed by atoms with Crippen molar-refractivity contribution in [3.05, 3.63) is 53.6 Å². The molecule has 0 bridgehead atoms. The SMILES string of the molecule is CC(C)(C)OC(=O)N1CCc2cccc(NCc3ccncn3)c2C1. The minimum absolute atomic E-state index is 0.260. The topological polar surface area (TPSA) is 67.3 Å². The molecule has 1 N–H and O–H groups in total. The molecule has 6 heteroatoms. The molecule has 3 rings (SSSR count). The molecule has 6 nitrogen and oxygen atoms in total. The molecule has 0 radical (unpaired) electrons. The standard InChI is InChI=1S/C19H24N4O2/c1-19(2,3)25-18(24)23-10-8-14-5-4-6-17(16(14)12-23)21-11-15-7-9-20-13-22-15/h4-7,9,13,21H,8,10-12H2,1-3H3. The van der Waals surface area contributed by atoms with Gasteiger partial charge in [0.1, 0.15) is 11.9 Å². The Hall–Kier alpha value is -2.63. The van der Waals surface area contributed by atoms with E-state index in [9.17, 15) is 4.79 Å². The van der Waals surface area contributed by atoms with Crippen LogP contribution in [0.5, 0.6) is 0 Å². The van der Waals surface area contributed by atoms with Gasteiger partial charge in [0.25, 0.3) is 0 Å². The Bertz CT molecular complexity index is 741.